The summed E-state index contributed by atoms with van der Waals surface area (Å²) in [4.78, 5) is 30.1. The van der Waals surface area contributed by atoms with Crippen molar-refractivity contribution in [2.45, 2.75) is 31.3 Å². The van der Waals surface area contributed by atoms with Gasteiger partial charge in [-0.05, 0) is 67.2 Å². The van der Waals surface area contributed by atoms with Gasteiger partial charge < -0.3 is 14.8 Å². The number of benzene rings is 2. The van der Waals surface area contributed by atoms with E-state index in [-0.39, 0.29) is 30.2 Å². The van der Waals surface area contributed by atoms with Gasteiger partial charge in [-0.15, -0.1) is 0 Å². The number of carbonyl (C=O) groups is 2. The van der Waals surface area contributed by atoms with E-state index < -0.39 is 5.54 Å². The summed E-state index contributed by atoms with van der Waals surface area (Å²) in [5.74, 6) is 0.262. The first kappa shape index (κ1) is 24.2. The number of amides is 3. The lowest BCUT2D eigenvalue weighted by molar-refractivity contribution is -0.134. The predicted octanol–water partition coefficient (Wildman–Crippen LogP) is 3.23. The average molecular weight is 470 g/mol. The maximum Gasteiger partial charge on any atom is 0.325 e. The second-order valence-electron chi connectivity index (χ2n) is 9.06. The zero-order valence-electron chi connectivity index (χ0n) is 19.8. The molecule has 2 aromatic carbocycles. The first-order valence-electron chi connectivity index (χ1n) is 11.7. The Bertz CT molecular complexity index is 1020. The molecule has 2 fully saturated rings. The van der Waals surface area contributed by atoms with Gasteiger partial charge in [0.2, 0.25) is 0 Å². The normalized spacial score (nSPS) is 21.7. The van der Waals surface area contributed by atoms with E-state index in [4.69, 9.17) is 9.47 Å². The van der Waals surface area contributed by atoms with Crippen LogP contribution in [0, 0.1) is 11.7 Å². The Hall–Kier alpha value is -2.97. The maximum absolute atomic E-state index is 13.7. The first-order chi connectivity index (χ1) is 16.4. The summed E-state index contributed by atoms with van der Waals surface area (Å²) in [6, 6.07) is 13.9. The summed E-state index contributed by atoms with van der Waals surface area (Å²) >= 11 is 0. The number of ether oxygens (including phenoxy) is 2. The number of urea groups is 1. The highest BCUT2D eigenvalue weighted by atomic mass is 19.1. The van der Waals surface area contributed by atoms with Gasteiger partial charge in [0.05, 0.1) is 20.3 Å². The summed E-state index contributed by atoms with van der Waals surface area (Å²) in [5, 5.41) is 3.08. The number of hydrogen-bond donors (Lipinski definition) is 1. The fourth-order valence-corrected chi connectivity index (χ4v) is 5.15. The van der Waals surface area contributed by atoms with Gasteiger partial charge in [0, 0.05) is 20.1 Å². The Morgan fingerprint density at radius 1 is 1.06 bits per heavy atom. The molecule has 1 unspecified atom stereocenters. The number of methoxy groups -OCH3 is 2. The number of halogens is 1. The lowest BCUT2D eigenvalue weighted by Crippen LogP contribution is -2.57. The van der Waals surface area contributed by atoms with Gasteiger partial charge >= 0.3 is 6.03 Å². The molecule has 0 bridgehead atoms. The van der Waals surface area contributed by atoms with Gasteiger partial charge in [-0.25, -0.2) is 9.18 Å². The van der Waals surface area contributed by atoms with Crippen LogP contribution in [-0.4, -0.2) is 67.7 Å². The molecule has 0 radical (unpaired) electrons. The summed E-state index contributed by atoms with van der Waals surface area (Å²) in [6.07, 6.45) is 1.90. The molecule has 2 heterocycles. The zero-order chi connectivity index (χ0) is 24.1. The number of nitrogens with zero attached hydrogens (tertiary/aromatic N) is 2. The number of imide groups is 1. The second-order valence-corrected chi connectivity index (χ2v) is 9.06. The van der Waals surface area contributed by atoms with Crippen molar-refractivity contribution in [2.75, 3.05) is 40.5 Å². The SMILES string of the molecule is COCCN1C(=O)NC(Cc2cccc(OC)c2)(C2CCN(Cc3cccc(F)c3)CC2)C1=O. The Labute approximate surface area is 199 Å². The molecule has 2 saturated heterocycles. The minimum Gasteiger partial charge on any atom is -0.497 e. The van der Waals surface area contributed by atoms with Crippen LogP contribution in [0.5, 0.6) is 5.75 Å². The quantitative estimate of drug-likeness (QED) is 0.571. The summed E-state index contributed by atoms with van der Waals surface area (Å²) in [6.45, 7) is 2.71. The van der Waals surface area contributed by atoms with E-state index in [1.807, 2.05) is 30.3 Å². The number of carbonyl (C=O) groups excluding carboxylic acids is 2. The van der Waals surface area contributed by atoms with Crippen LogP contribution in [0.2, 0.25) is 0 Å². The third-order valence-electron chi connectivity index (χ3n) is 6.92. The van der Waals surface area contributed by atoms with Gasteiger partial charge in [-0.1, -0.05) is 24.3 Å². The molecule has 0 saturated carbocycles. The topological polar surface area (TPSA) is 71.1 Å². The molecule has 2 aliphatic rings. The molecule has 182 valence electrons. The van der Waals surface area contributed by atoms with Gasteiger partial charge in [0.15, 0.2) is 0 Å². The van der Waals surface area contributed by atoms with Crippen LogP contribution in [0.25, 0.3) is 0 Å². The molecule has 4 rings (SSSR count). The van der Waals surface area contributed by atoms with Crippen molar-refractivity contribution in [2.24, 2.45) is 5.92 Å². The van der Waals surface area contributed by atoms with E-state index in [9.17, 15) is 14.0 Å². The zero-order valence-corrected chi connectivity index (χ0v) is 19.8. The number of hydrogen-bond acceptors (Lipinski definition) is 5. The molecular formula is C26H32FN3O4. The van der Waals surface area contributed by atoms with E-state index in [1.54, 1.807) is 26.4 Å². The molecule has 1 atom stereocenters. The van der Waals surface area contributed by atoms with E-state index in [0.717, 1.165) is 37.1 Å². The van der Waals surface area contributed by atoms with Gasteiger partial charge in [0.25, 0.3) is 5.91 Å². The highest BCUT2D eigenvalue weighted by Crippen LogP contribution is 2.37. The van der Waals surface area contributed by atoms with Crippen molar-refractivity contribution < 1.29 is 23.5 Å². The number of rotatable bonds is 9. The van der Waals surface area contributed by atoms with Crippen molar-refractivity contribution >= 4 is 11.9 Å². The Morgan fingerprint density at radius 3 is 2.50 bits per heavy atom. The predicted molar refractivity (Wildman–Crippen MR) is 126 cm³/mol. The molecule has 1 N–H and O–H groups in total. The number of piperidine rings is 1. The van der Waals surface area contributed by atoms with Crippen LogP contribution < -0.4 is 10.1 Å². The van der Waals surface area contributed by atoms with Crippen LogP contribution in [0.4, 0.5) is 9.18 Å². The molecular weight excluding hydrogens is 437 g/mol. The van der Waals surface area contributed by atoms with Crippen molar-refractivity contribution in [3.8, 4) is 5.75 Å². The van der Waals surface area contributed by atoms with Crippen LogP contribution in [-0.2, 0) is 22.5 Å². The largest absolute Gasteiger partial charge is 0.497 e. The average Bonchev–Trinajstić information content (AvgIpc) is 3.07. The molecule has 0 aliphatic carbocycles. The smallest absolute Gasteiger partial charge is 0.325 e. The van der Waals surface area contributed by atoms with E-state index >= 15 is 0 Å². The third kappa shape index (κ3) is 5.08. The molecule has 8 heteroatoms. The lowest BCUT2D eigenvalue weighted by atomic mass is 9.74. The maximum atomic E-state index is 13.7. The molecule has 2 aromatic rings. The minimum absolute atomic E-state index is 0.0218. The van der Waals surface area contributed by atoms with Crippen molar-refractivity contribution in [1.82, 2.24) is 15.1 Å². The fourth-order valence-electron chi connectivity index (χ4n) is 5.15. The Morgan fingerprint density at radius 2 is 1.79 bits per heavy atom. The molecule has 0 spiro atoms. The Balaban J connectivity index is 1.54. The van der Waals surface area contributed by atoms with Gasteiger partial charge in [-0.2, -0.15) is 0 Å². The summed E-state index contributed by atoms with van der Waals surface area (Å²) in [7, 11) is 3.16. The van der Waals surface area contributed by atoms with Gasteiger partial charge in [-0.3, -0.25) is 14.6 Å². The Kier molecular flexibility index (Phi) is 7.48. The highest BCUT2D eigenvalue weighted by Gasteiger charge is 2.55. The fraction of sp³-hybridized carbons (Fsp3) is 0.462. The first-order valence-corrected chi connectivity index (χ1v) is 11.7. The third-order valence-corrected chi connectivity index (χ3v) is 6.92. The number of likely N-dealkylation sites (tertiary alicyclic amines) is 1. The molecule has 3 amide bonds. The van der Waals surface area contributed by atoms with Crippen LogP contribution in [0.3, 0.4) is 0 Å². The van der Waals surface area contributed by atoms with Crippen molar-refractivity contribution in [1.29, 1.82) is 0 Å². The van der Waals surface area contributed by atoms with E-state index in [1.165, 1.54) is 11.0 Å². The van der Waals surface area contributed by atoms with E-state index in [2.05, 4.69) is 10.2 Å². The number of nitrogens with one attached hydrogen (secondary N) is 1. The van der Waals surface area contributed by atoms with Crippen molar-refractivity contribution in [3.05, 3.63) is 65.5 Å². The van der Waals surface area contributed by atoms with Crippen LogP contribution in [0.1, 0.15) is 24.0 Å². The van der Waals surface area contributed by atoms with Crippen molar-refractivity contribution in [3.63, 3.8) is 0 Å². The van der Waals surface area contributed by atoms with Crippen LogP contribution in [0.15, 0.2) is 48.5 Å². The van der Waals surface area contributed by atoms with Crippen LogP contribution >= 0.6 is 0 Å². The second kappa shape index (κ2) is 10.5. The highest BCUT2D eigenvalue weighted by molar-refractivity contribution is 6.07. The monoisotopic (exact) mass is 469 g/mol. The minimum atomic E-state index is -1.01. The summed E-state index contributed by atoms with van der Waals surface area (Å²) < 4.78 is 24.1. The molecule has 0 aromatic heterocycles. The molecule has 7 nitrogen and oxygen atoms in total. The molecule has 34 heavy (non-hydrogen) atoms. The van der Waals surface area contributed by atoms with Gasteiger partial charge in [0.1, 0.15) is 17.1 Å². The van der Waals surface area contributed by atoms with E-state index in [0.29, 0.717) is 25.3 Å². The lowest BCUT2D eigenvalue weighted by Gasteiger charge is -2.41. The standard InChI is InChI=1S/C26H32FN3O4/c1-33-14-13-30-24(31)26(28-25(30)32,17-19-5-4-8-23(16-19)34-2)21-9-11-29(12-10-21)18-20-6-3-7-22(27)15-20/h3-8,15-16,21H,9-14,17-18H2,1-2H3,(H,28,32). The molecule has 2 aliphatic heterocycles. The summed E-state index contributed by atoms with van der Waals surface area (Å²) in [5.41, 5.74) is 0.853.